The zero-order chi connectivity index (χ0) is 18.1. The van der Waals surface area contributed by atoms with Crippen LogP contribution >= 0.6 is 11.6 Å². The Labute approximate surface area is 158 Å². The number of hydrogen-bond acceptors (Lipinski definition) is 4. The van der Waals surface area contributed by atoms with Gasteiger partial charge in [-0.05, 0) is 54.7 Å². The molecule has 0 aliphatic carbocycles. The van der Waals surface area contributed by atoms with Gasteiger partial charge in [-0.1, -0.05) is 41.9 Å². The average molecular weight is 365 g/mol. The Morgan fingerprint density at radius 3 is 2.69 bits per heavy atom. The van der Waals surface area contributed by atoms with E-state index in [9.17, 15) is 0 Å². The average Bonchev–Trinajstić information content (AvgIpc) is 2.64. The van der Waals surface area contributed by atoms with E-state index in [1.165, 1.54) is 11.1 Å². The molecule has 2 heterocycles. The Morgan fingerprint density at radius 1 is 1.08 bits per heavy atom. The van der Waals surface area contributed by atoms with Crippen LogP contribution in [-0.4, -0.2) is 16.5 Å². The Bertz CT molecular complexity index is 931. The Morgan fingerprint density at radius 2 is 1.88 bits per heavy atom. The first-order valence-electron chi connectivity index (χ1n) is 8.79. The fourth-order valence-electron chi connectivity index (χ4n) is 3.46. The molecule has 0 spiro atoms. The molecule has 0 radical (unpaired) electrons. The molecular formula is C21H21ClN4. The first-order valence-corrected chi connectivity index (χ1v) is 9.16. The Balaban J connectivity index is 1.58. The van der Waals surface area contributed by atoms with Crippen molar-refractivity contribution in [3.8, 4) is 0 Å². The van der Waals surface area contributed by atoms with Crippen LogP contribution in [0.5, 0.6) is 0 Å². The van der Waals surface area contributed by atoms with Crippen molar-refractivity contribution < 1.29 is 0 Å². The van der Waals surface area contributed by atoms with Gasteiger partial charge in [-0.15, -0.1) is 0 Å². The molecular weight excluding hydrogens is 344 g/mol. The van der Waals surface area contributed by atoms with Gasteiger partial charge in [-0.2, -0.15) is 4.98 Å². The molecule has 1 aliphatic rings. The van der Waals surface area contributed by atoms with Crippen molar-refractivity contribution in [3.63, 3.8) is 0 Å². The van der Waals surface area contributed by atoms with Crippen LogP contribution in [0.25, 0.3) is 0 Å². The standard InChI is InChI=1S/C21H21ClN4/c1-14-11-15(2)20(18(22)12-14)25-21-23-9-7-19(24-21)26-10-8-16-5-3-4-6-17(16)13-26/h3-7,9,11-12H,8,10,13H2,1-2H3,(H,23,24,25). The van der Waals surface area contributed by atoms with E-state index in [1.54, 1.807) is 6.20 Å². The molecule has 4 rings (SSSR count). The van der Waals surface area contributed by atoms with Gasteiger partial charge in [0, 0.05) is 19.3 Å². The minimum Gasteiger partial charge on any atom is -0.352 e. The molecule has 0 bridgehead atoms. The van der Waals surface area contributed by atoms with E-state index in [-0.39, 0.29) is 0 Å². The van der Waals surface area contributed by atoms with Crippen molar-refractivity contribution in [2.45, 2.75) is 26.8 Å². The number of fused-ring (bicyclic) bond motifs is 1. The van der Waals surface area contributed by atoms with E-state index in [4.69, 9.17) is 16.6 Å². The van der Waals surface area contributed by atoms with Gasteiger partial charge in [-0.25, -0.2) is 4.98 Å². The van der Waals surface area contributed by atoms with Gasteiger partial charge in [0.15, 0.2) is 0 Å². The van der Waals surface area contributed by atoms with E-state index in [2.05, 4.69) is 45.5 Å². The highest BCUT2D eigenvalue weighted by Gasteiger charge is 2.17. The van der Waals surface area contributed by atoms with Crippen LogP contribution in [0, 0.1) is 13.8 Å². The molecule has 2 aromatic carbocycles. The highest BCUT2D eigenvalue weighted by Crippen LogP contribution is 2.30. The van der Waals surface area contributed by atoms with Gasteiger partial charge in [0.2, 0.25) is 5.95 Å². The highest BCUT2D eigenvalue weighted by atomic mass is 35.5. The number of anilines is 3. The first-order chi connectivity index (χ1) is 12.6. The topological polar surface area (TPSA) is 41.1 Å². The molecule has 0 unspecified atom stereocenters. The molecule has 5 heteroatoms. The lowest BCUT2D eigenvalue weighted by atomic mass is 10.00. The lowest BCUT2D eigenvalue weighted by Crippen LogP contribution is -2.31. The number of nitrogens with zero attached hydrogens (tertiary/aromatic N) is 3. The number of nitrogens with one attached hydrogen (secondary N) is 1. The summed E-state index contributed by atoms with van der Waals surface area (Å²) in [5.74, 6) is 1.49. The maximum Gasteiger partial charge on any atom is 0.229 e. The second kappa shape index (κ2) is 6.96. The van der Waals surface area contributed by atoms with Crippen LogP contribution in [-0.2, 0) is 13.0 Å². The summed E-state index contributed by atoms with van der Waals surface area (Å²) < 4.78 is 0. The molecule has 1 aromatic heterocycles. The summed E-state index contributed by atoms with van der Waals surface area (Å²) in [6.45, 7) is 5.90. The van der Waals surface area contributed by atoms with Gasteiger partial charge in [0.25, 0.3) is 0 Å². The van der Waals surface area contributed by atoms with E-state index in [0.29, 0.717) is 11.0 Å². The van der Waals surface area contributed by atoms with Crippen molar-refractivity contribution in [1.29, 1.82) is 0 Å². The molecule has 0 amide bonds. The zero-order valence-electron chi connectivity index (χ0n) is 15.0. The van der Waals surface area contributed by atoms with Gasteiger partial charge < -0.3 is 10.2 Å². The lowest BCUT2D eigenvalue weighted by Gasteiger charge is -2.29. The molecule has 26 heavy (non-hydrogen) atoms. The Hall–Kier alpha value is -2.59. The van der Waals surface area contributed by atoms with Crippen LogP contribution in [0.3, 0.4) is 0 Å². The van der Waals surface area contributed by atoms with E-state index in [0.717, 1.165) is 42.1 Å². The smallest absolute Gasteiger partial charge is 0.229 e. The third kappa shape index (κ3) is 3.37. The molecule has 4 nitrogen and oxygen atoms in total. The second-order valence-electron chi connectivity index (χ2n) is 6.74. The fraction of sp³-hybridized carbons (Fsp3) is 0.238. The number of halogens is 1. The van der Waals surface area contributed by atoms with Crippen molar-refractivity contribution >= 4 is 29.1 Å². The van der Waals surface area contributed by atoms with Gasteiger partial charge >= 0.3 is 0 Å². The van der Waals surface area contributed by atoms with Crippen LogP contribution < -0.4 is 10.2 Å². The zero-order valence-corrected chi connectivity index (χ0v) is 15.7. The van der Waals surface area contributed by atoms with E-state index < -0.39 is 0 Å². The van der Waals surface area contributed by atoms with Crippen molar-refractivity contribution in [3.05, 3.63) is 75.9 Å². The summed E-state index contributed by atoms with van der Waals surface area (Å²) >= 11 is 6.40. The largest absolute Gasteiger partial charge is 0.352 e. The summed E-state index contributed by atoms with van der Waals surface area (Å²) in [7, 11) is 0. The number of aryl methyl sites for hydroxylation is 2. The molecule has 0 saturated heterocycles. The van der Waals surface area contributed by atoms with Crippen LogP contribution in [0.2, 0.25) is 5.02 Å². The van der Waals surface area contributed by atoms with Crippen LogP contribution in [0.1, 0.15) is 22.3 Å². The number of rotatable bonds is 3. The number of benzene rings is 2. The molecule has 0 saturated carbocycles. The normalized spacial score (nSPS) is 13.4. The maximum absolute atomic E-state index is 6.40. The van der Waals surface area contributed by atoms with Crippen LogP contribution in [0.15, 0.2) is 48.7 Å². The monoisotopic (exact) mass is 364 g/mol. The fourth-order valence-corrected chi connectivity index (χ4v) is 3.83. The van der Waals surface area contributed by atoms with Gasteiger partial charge in [-0.3, -0.25) is 0 Å². The molecule has 0 fully saturated rings. The predicted molar refractivity (Wildman–Crippen MR) is 107 cm³/mol. The van der Waals surface area contributed by atoms with E-state index in [1.807, 2.05) is 26.0 Å². The van der Waals surface area contributed by atoms with Gasteiger partial charge in [0.1, 0.15) is 5.82 Å². The SMILES string of the molecule is Cc1cc(C)c(Nc2nccc(N3CCc4ccccc4C3)n2)c(Cl)c1. The Kier molecular flexibility index (Phi) is 4.51. The maximum atomic E-state index is 6.40. The number of hydrogen-bond donors (Lipinski definition) is 1. The molecule has 1 N–H and O–H groups in total. The number of aromatic nitrogens is 2. The predicted octanol–water partition coefficient (Wildman–Crippen LogP) is 5.05. The summed E-state index contributed by atoms with van der Waals surface area (Å²) in [6, 6.07) is 14.6. The highest BCUT2D eigenvalue weighted by molar-refractivity contribution is 6.33. The molecule has 3 aromatic rings. The second-order valence-corrected chi connectivity index (χ2v) is 7.15. The first kappa shape index (κ1) is 16.9. The van der Waals surface area contributed by atoms with E-state index >= 15 is 0 Å². The summed E-state index contributed by atoms with van der Waals surface area (Å²) in [4.78, 5) is 11.4. The molecule has 132 valence electrons. The third-order valence-electron chi connectivity index (χ3n) is 4.76. The van der Waals surface area contributed by atoms with Crippen molar-refractivity contribution in [2.24, 2.45) is 0 Å². The minimum atomic E-state index is 0.565. The minimum absolute atomic E-state index is 0.565. The molecule has 1 aliphatic heterocycles. The summed E-state index contributed by atoms with van der Waals surface area (Å²) in [5.41, 5.74) is 5.87. The lowest BCUT2D eigenvalue weighted by molar-refractivity contribution is 0.720. The quantitative estimate of drug-likeness (QED) is 0.705. The van der Waals surface area contributed by atoms with Gasteiger partial charge in [0.05, 0.1) is 10.7 Å². The summed E-state index contributed by atoms with van der Waals surface area (Å²) in [6.07, 6.45) is 2.83. The van der Waals surface area contributed by atoms with Crippen molar-refractivity contribution in [2.75, 3.05) is 16.8 Å². The van der Waals surface area contributed by atoms with Crippen molar-refractivity contribution in [1.82, 2.24) is 9.97 Å². The van der Waals surface area contributed by atoms with Crippen LogP contribution in [0.4, 0.5) is 17.5 Å². The summed E-state index contributed by atoms with van der Waals surface area (Å²) in [5, 5.41) is 3.97. The molecule has 0 atom stereocenters. The third-order valence-corrected chi connectivity index (χ3v) is 5.06.